The maximum Gasteiger partial charge on any atom is 0.154 e. The molecule has 3 heterocycles. The van der Waals surface area contributed by atoms with Crippen LogP contribution in [0.4, 0.5) is 0 Å². The van der Waals surface area contributed by atoms with E-state index in [-0.39, 0.29) is 5.92 Å². The Balaban J connectivity index is 0.00000239. The Kier molecular flexibility index (Phi) is 11.1. The van der Waals surface area contributed by atoms with Gasteiger partial charge >= 0.3 is 0 Å². The van der Waals surface area contributed by atoms with Crippen molar-refractivity contribution >= 4 is 78.3 Å². The minimum Gasteiger partial charge on any atom is -0.310 e. The van der Waals surface area contributed by atoms with Crippen molar-refractivity contribution in [2.45, 2.75) is 40.7 Å². The van der Waals surface area contributed by atoms with Crippen LogP contribution in [0, 0.1) is 12.8 Å². The van der Waals surface area contributed by atoms with Gasteiger partial charge < -0.3 is 13.7 Å². The highest BCUT2D eigenvalue weighted by atomic mass is 15.0. The van der Waals surface area contributed by atoms with Gasteiger partial charge in [0.05, 0.1) is 34.1 Å². The Labute approximate surface area is 375 Å². The van der Waals surface area contributed by atoms with Gasteiger partial charge in [0, 0.05) is 67.4 Å². The molecule has 0 spiro atoms. The van der Waals surface area contributed by atoms with Crippen molar-refractivity contribution in [2.75, 3.05) is 0 Å². The minimum absolute atomic E-state index is 0.138. The number of hydrogen-bond donors (Lipinski definition) is 0. The van der Waals surface area contributed by atoms with Crippen LogP contribution in [0.2, 0.25) is 0 Å². The van der Waals surface area contributed by atoms with Crippen LogP contribution in [0.15, 0.2) is 204 Å². The highest BCUT2D eigenvalue weighted by Gasteiger charge is 2.17. The Morgan fingerprint density at radius 1 is 0.562 bits per heavy atom. The number of hydrogen-bond acceptors (Lipinski definition) is 1. The molecule has 0 fully saturated rings. The van der Waals surface area contributed by atoms with E-state index >= 15 is 0 Å². The third-order valence-corrected chi connectivity index (χ3v) is 12.4. The molecule has 0 aliphatic heterocycles. The topological polar surface area (TPSA) is 39.5 Å². The number of fused-ring (bicyclic) bond motifs is 7. The molecule has 0 radical (unpaired) electrons. The van der Waals surface area contributed by atoms with Gasteiger partial charge in [0.1, 0.15) is 0 Å². The molecular formula is C59H51N5. The molecule has 5 heteroatoms. The second-order valence-electron chi connectivity index (χ2n) is 16.1. The first-order chi connectivity index (χ1) is 31.6. The van der Waals surface area contributed by atoms with Crippen molar-refractivity contribution in [3.63, 3.8) is 0 Å². The van der Waals surface area contributed by atoms with E-state index in [1.54, 1.807) is 0 Å². The number of aliphatic imine (C=N–C) groups is 2. The summed E-state index contributed by atoms with van der Waals surface area (Å²) in [4.78, 5) is 10.4. The molecular weight excluding hydrogens is 779 g/mol. The van der Waals surface area contributed by atoms with Crippen LogP contribution in [-0.2, 0) is 6.54 Å². The lowest BCUT2D eigenvalue weighted by molar-refractivity contribution is 0.883. The van der Waals surface area contributed by atoms with Crippen LogP contribution < -0.4 is 0 Å². The Hall–Kier alpha value is -7.76. The van der Waals surface area contributed by atoms with Crippen molar-refractivity contribution in [3.8, 4) is 11.4 Å². The first kappa shape index (κ1) is 40.3. The Morgan fingerprint density at radius 2 is 1.03 bits per heavy atom. The van der Waals surface area contributed by atoms with Crippen molar-refractivity contribution in [2.24, 2.45) is 15.9 Å². The van der Waals surface area contributed by atoms with Crippen LogP contribution in [-0.4, -0.2) is 25.8 Å². The fraction of sp³-hybridized carbons (Fsp3) is 0.119. The number of rotatable bonds is 8. The van der Waals surface area contributed by atoms with Crippen LogP contribution in [0.5, 0.6) is 0 Å². The van der Waals surface area contributed by atoms with Crippen molar-refractivity contribution < 1.29 is 0 Å². The predicted octanol–water partition coefficient (Wildman–Crippen LogP) is 15.3. The summed E-state index contributed by atoms with van der Waals surface area (Å²) in [5.74, 6) is 0.857. The molecule has 64 heavy (non-hydrogen) atoms. The van der Waals surface area contributed by atoms with Gasteiger partial charge in [-0.15, -0.1) is 0 Å². The first-order valence-corrected chi connectivity index (χ1v) is 22.5. The molecule has 3 aromatic heterocycles. The second-order valence-corrected chi connectivity index (χ2v) is 16.1. The van der Waals surface area contributed by atoms with Gasteiger partial charge in [0.25, 0.3) is 0 Å². The number of para-hydroxylation sites is 5. The molecule has 11 rings (SSSR count). The van der Waals surface area contributed by atoms with Crippen LogP contribution in [0.3, 0.4) is 0 Å². The average molecular weight is 830 g/mol. The highest BCUT2D eigenvalue weighted by molar-refractivity contribution is 6.11. The Morgan fingerprint density at radius 3 is 1.55 bits per heavy atom. The molecule has 0 bridgehead atoms. The standard InChI is InChI=1S/C57H45N5.C2H6/c1-3-14-51-39(2)46-15-4-9-20-52(46)60(51)45-35-29-42(30-36-45)57(58-37-40-25-31-43(32-26-40)61-53-21-10-5-16-47(53)48-17-6-11-22-54(48)61)59-38-41-27-33-44(34-28-41)62-55-23-12-7-18-49(55)50-19-8-13-24-56(50)62;1-2/h3-27,29-36,38,41H,28,37H2,1-2H3;1-2H3/b14-3-,58-57?,59-38?;. The van der Waals surface area contributed by atoms with E-state index in [4.69, 9.17) is 9.98 Å². The van der Waals surface area contributed by atoms with Gasteiger partial charge in [-0.3, -0.25) is 4.99 Å². The third kappa shape index (κ3) is 7.19. The smallest absolute Gasteiger partial charge is 0.154 e. The number of aromatic nitrogens is 3. The van der Waals surface area contributed by atoms with E-state index in [1.807, 2.05) is 13.8 Å². The summed E-state index contributed by atoms with van der Waals surface area (Å²) >= 11 is 0. The van der Waals surface area contributed by atoms with E-state index in [9.17, 15) is 0 Å². The first-order valence-electron chi connectivity index (χ1n) is 22.5. The Bertz CT molecular complexity index is 3370. The van der Waals surface area contributed by atoms with Crippen molar-refractivity contribution in [1.82, 2.24) is 13.7 Å². The zero-order valence-electron chi connectivity index (χ0n) is 36.9. The third-order valence-electron chi connectivity index (χ3n) is 12.4. The maximum absolute atomic E-state index is 5.22. The molecule has 1 aliphatic rings. The van der Waals surface area contributed by atoms with E-state index in [0.29, 0.717) is 6.54 Å². The van der Waals surface area contributed by atoms with Gasteiger partial charge in [-0.05, 0) is 110 Å². The zero-order chi connectivity index (χ0) is 43.6. The quantitative estimate of drug-likeness (QED) is 0.108. The molecule has 1 atom stereocenters. The summed E-state index contributed by atoms with van der Waals surface area (Å²) in [6, 6.07) is 60.8. The molecule has 10 aromatic rings. The lowest BCUT2D eigenvalue weighted by Gasteiger charge is -2.16. The normalized spacial score (nSPS) is 14.4. The van der Waals surface area contributed by atoms with Crippen LogP contribution >= 0.6 is 0 Å². The number of amidine groups is 1. The average Bonchev–Trinajstić information content (AvgIpc) is 3.98. The van der Waals surface area contributed by atoms with Crippen molar-refractivity contribution in [3.05, 3.63) is 217 Å². The molecule has 5 nitrogen and oxygen atoms in total. The molecule has 1 unspecified atom stereocenters. The van der Waals surface area contributed by atoms with E-state index in [0.717, 1.165) is 34.8 Å². The largest absolute Gasteiger partial charge is 0.310 e. The number of aryl methyl sites for hydroxylation is 1. The summed E-state index contributed by atoms with van der Waals surface area (Å²) in [5, 5.41) is 6.32. The summed E-state index contributed by atoms with van der Waals surface area (Å²) < 4.78 is 7.08. The molecule has 0 saturated heterocycles. The fourth-order valence-corrected chi connectivity index (χ4v) is 9.41. The van der Waals surface area contributed by atoms with E-state index in [1.165, 1.54) is 71.5 Å². The summed E-state index contributed by atoms with van der Waals surface area (Å²) in [5.41, 5.74) is 14.0. The van der Waals surface area contributed by atoms with Gasteiger partial charge in [0.15, 0.2) is 5.84 Å². The number of benzene rings is 7. The predicted molar refractivity (Wildman–Crippen MR) is 275 cm³/mol. The van der Waals surface area contributed by atoms with Crippen molar-refractivity contribution in [1.29, 1.82) is 0 Å². The number of nitrogens with zero attached hydrogens (tertiary/aromatic N) is 5. The van der Waals surface area contributed by atoms with Gasteiger partial charge in [-0.1, -0.05) is 135 Å². The fourth-order valence-electron chi connectivity index (χ4n) is 9.41. The molecule has 1 aliphatic carbocycles. The summed E-state index contributed by atoms with van der Waals surface area (Å²) in [6.45, 7) is 8.79. The second kappa shape index (κ2) is 17.5. The summed E-state index contributed by atoms with van der Waals surface area (Å²) in [7, 11) is 0. The summed E-state index contributed by atoms with van der Waals surface area (Å²) in [6.07, 6.45) is 14.1. The monoisotopic (exact) mass is 829 g/mol. The SMILES string of the molecule is C/C=C\c1c(C)c2ccccc2n1-c1ccc(C(N=CC2C=CC(n3c4ccccc4c4ccccc43)=CC2)=NCc2ccc(-n3c4ccccc4c4ccccc43)cc2)cc1.CC. The number of allylic oxidation sites excluding steroid dienone is 5. The van der Waals surface area contributed by atoms with E-state index < -0.39 is 0 Å². The maximum atomic E-state index is 5.22. The van der Waals surface area contributed by atoms with Crippen LogP contribution in [0.25, 0.3) is 77.7 Å². The minimum atomic E-state index is 0.138. The van der Waals surface area contributed by atoms with E-state index in [2.05, 4.69) is 234 Å². The molecule has 0 amide bonds. The lowest BCUT2D eigenvalue weighted by Crippen LogP contribution is -2.07. The molecule has 0 N–H and O–H groups in total. The molecule has 0 saturated carbocycles. The highest BCUT2D eigenvalue weighted by Crippen LogP contribution is 2.35. The van der Waals surface area contributed by atoms with Crippen LogP contribution in [0.1, 0.15) is 49.6 Å². The van der Waals surface area contributed by atoms with Gasteiger partial charge in [-0.25, -0.2) is 4.99 Å². The van der Waals surface area contributed by atoms with Gasteiger partial charge in [-0.2, -0.15) is 0 Å². The zero-order valence-corrected chi connectivity index (χ0v) is 36.9. The molecule has 7 aromatic carbocycles. The lowest BCUT2D eigenvalue weighted by atomic mass is 10.0. The molecule has 312 valence electrons. The van der Waals surface area contributed by atoms with Gasteiger partial charge in [0.2, 0.25) is 0 Å².